The summed E-state index contributed by atoms with van der Waals surface area (Å²) in [6, 6.07) is 3.31. The fraction of sp³-hybridized carbons (Fsp3) is 0.611. The number of carbonyl (C=O) groups excluding carboxylic acids is 1. The van der Waals surface area contributed by atoms with Crippen molar-refractivity contribution in [2.24, 2.45) is 0 Å². The number of rotatable bonds is 4. The second kappa shape index (κ2) is 7.82. The van der Waals surface area contributed by atoms with Gasteiger partial charge in [-0.1, -0.05) is 6.07 Å². The average Bonchev–Trinajstić information content (AvgIpc) is 2.51. The van der Waals surface area contributed by atoms with E-state index in [1.54, 1.807) is 6.07 Å². The Bertz CT molecular complexity index is 604. The second-order valence-corrected chi connectivity index (χ2v) is 7.52. The first kappa shape index (κ1) is 19.2. The van der Waals surface area contributed by atoms with Crippen molar-refractivity contribution in [2.45, 2.75) is 70.7 Å². The van der Waals surface area contributed by atoms with Crippen LogP contribution < -0.4 is 10.6 Å². The van der Waals surface area contributed by atoms with Gasteiger partial charge in [0.15, 0.2) is 11.5 Å². The maximum Gasteiger partial charge on any atom is 0.407 e. The van der Waals surface area contributed by atoms with Crippen LogP contribution in [0, 0.1) is 0 Å². The van der Waals surface area contributed by atoms with E-state index in [1.807, 2.05) is 20.8 Å². The Kier molecular flexibility index (Phi) is 6.00. The minimum atomic E-state index is -0.499. The summed E-state index contributed by atoms with van der Waals surface area (Å²) in [6.45, 7) is 5.91. The van der Waals surface area contributed by atoms with Crippen LogP contribution in [0.4, 0.5) is 4.79 Å². The zero-order chi connectivity index (χ0) is 18.6. The van der Waals surface area contributed by atoms with Crippen LogP contribution in [-0.4, -0.2) is 39.1 Å². The summed E-state index contributed by atoms with van der Waals surface area (Å²) in [6.07, 6.45) is 3.11. The van der Waals surface area contributed by atoms with Crippen LogP contribution in [0.3, 0.4) is 0 Å². The van der Waals surface area contributed by atoms with Crippen molar-refractivity contribution in [3.63, 3.8) is 0 Å². The fourth-order valence-corrected chi connectivity index (χ4v) is 2.92. The van der Waals surface area contributed by atoms with E-state index < -0.39 is 11.4 Å². The van der Waals surface area contributed by atoms with Crippen LogP contribution >= 0.6 is 0 Å². The zero-order valence-electron chi connectivity index (χ0n) is 15.0. The Morgan fingerprint density at radius 3 is 2.28 bits per heavy atom. The molecule has 1 saturated carbocycles. The molecule has 0 unspecified atom stereocenters. The molecular formula is C18H28N2O5. The summed E-state index contributed by atoms with van der Waals surface area (Å²) < 4.78 is 5.27. The Morgan fingerprint density at radius 1 is 1.08 bits per heavy atom. The molecule has 1 aromatic carbocycles. The van der Waals surface area contributed by atoms with Gasteiger partial charge in [0, 0.05) is 24.2 Å². The molecule has 0 aromatic heterocycles. The highest BCUT2D eigenvalue weighted by molar-refractivity contribution is 5.68. The third kappa shape index (κ3) is 5.70. The quantitative estimate of drug-likeness (QED) is 0.533. The molecule has 0 saturated heterocycles. The molecule has 7 nitrogen and oxygen atoms in total. The second-order valence-electron chi connectivity index (χ2n) is 7.52. The first-order valence-corrected chi connectivity index (χ1v) is 8.61. The number of benzene rings is 1. The predicted molar refractivity (Wildman–Crippen MR) is 93.7 cm³/mol. The van der Waals surface area contributed by atoms with Crippen LogP contribution in [-0.2, 0) is 11.3 Å². The van der Waals surface area contributed by atoms with E-state index in [4.69, 9.17) is 4.74 Å². The molecule has 25 heavy (non-hydrogen) atoms. The van der Waals surface area contributed by atoms with E-state index in [0.717, 1.165) is 25.7 Å². The molecule has 0 heterocycles. The molecular weight excluding hydrogens is 324 g/mol. The molecule has 0 bridgehead atoms. The molecule has 1 aromatic rings. The van der Waals surface area contributed by atoms with Gasteiger partial charge in [0.2, 0.25) is 5.75 Å². The Labute approximate surface area is 148 Å². The standard InChI is InChI=1S/C18H28N2O5/c1-18(2,3)25-17(24)20-13-7-5-12(6-8-13)19-10-11-4-9-14(21)16(23)15(11)22/h4,9,12-13,19,21-23H,5-8,10H2,1-3H3,(H,20,24). The molecule has 0 spiro atoms. The normalized spacial score (nSPS) is 20.9. The van der Waals surface area contributed by atoms with Crippen LogP contribution in [0.25, 0.3) is 0 Å². The monoisotopic (exact) mass is 352 g/mol. The van der Waals surface area contributed by atoms with Crippen molar-refractivity contribution in [3.8, 4) is 17.2 Å². The summed E-state index contributed by atoms with van der Waals surface area (Å²) in [5.41, 5.74) is 0.0323. The Morgan fingerprint density at radius 2 is 1.68 bits per heavy atom. The molecule has 1 amide bonds. The molecule has 7 heteroatoms. The topological polar surface area (TPSA) is 111 Å². The Hall–Kier alpha value is -2.15. The Balaban J connectivity index is 1.76. The highest BCUT2D eigenvalue weighted by Crippen LogP contribution is 2.37. The lowest BCUT2D eigenvalue weighted by Crippen LogP contribution is -2.43. The maximum atomic E-state index is 11.8. The largest absolute Gasteiger partial charge is 0.504 e. The first-order valence-electron chi connectivity index (χ1n) is 8.61. The van der Waals surface area contributed by atoms with E-state index in [-0.39, 0.29) is 29.7 Å². The van der Waals surface area contributed by atoms with Gasteiger partial charge >= 0.3 is 6.09 Å². The van der Waals surface area contributed by atoms with Crippen molar-refractivity contribution in [1.82, 2.24) is 10.6 Å². The SMILES string of the molecule is CC(C)(C)OC(=O)NC1CCC(NCc2ccc(O)c(O)c2O)CC1. The number of hydrogen-bond donors (Lipinski definition) is 5. The molecule has 5 N–H and O–H groups in total. The van der Waals surface area contributed by atoms with Gasteiger partial charge in [0.1, 0.15) is 5.60 Å². The molecule has 0 aliphatic heterocycles. The van der Waals surface area contributed by atoms with Gasteiger partial charge in [-0.3, -0.25) is 0 Å². The van der Waals surface area contributed by atoms with Crippen LogP contribution in [0.2, 0.25) is 0 Å². The molecule has 0 atom stereocenters. The molecule has 2 rings (SSSR count). The van der Waals surface area contributed by atoms with Crippen molar-refractivity contribution in [2.75, 3.05) is 0 Å². The number of aromatic hydroxyl groups is 3. The van der Waals surface area contributed by atoms with E-state index in [0.29, 0.717) is 12.1 Å². The number of carbonyl (C=O) groups is 1. The van der Waals surface area contributed by atoms with Gasteiger partial charge in [0.25, 0.3) is 0 Å². The van der Waals surface area contributed by atoms with Crippen LogP contribution in [0.15, 0.2) is 12.1 Å². The van der Waals surface area contributed by atoms with Gasteiger partial charge in [0.05, 0.1) is 0 Å². The van der Waals surface area contributed by atoms with Gasteiger partial charge in [-0.15, -0.1) is 0 Å². The lowest BCUT2D eigenvalue weighted by molar-refractivity contribution is 0.0489. The van der Waals surface area contributed by atoms with Crippen LogP contribution in [0.1, 0.15) is 52.0 Å². The van der Waals surface area contributed by atoms with E-state index in [2.05, 4.69) is 10.6 Å². The minimum Gasteiger partial charge on any atom is -0.504 e. The van der Waals surface area contributed by atoms with Crippen molar-refractivity contribution in [3.05, 3.63) is 17.7 Å². The summed E-state index contributed by atoms with van der Waals surface area (Å²) >= 11 is 0. The van der Waals surface area contributed by atoms with Crippen molar-refractivity contribution >= 4 is 6.09 Å². The van der Waals surface area contributed by atoms with E-state index in [1.165, 1.54) is 6.07 Å². The minimum absolute atomic E-state index is 0.110. The van der Waals surface area contributed by atoms with Crippen molar-refractivity contribution < 1.29 is 24.9 Å². The maximum absolute atomic E-state index is 11.8. The number of nitrogens with one attached hydrogen (secondary N) is 2. The number of alkyl carbamates (subject to hydrolysis) is 1. The lowest BCUT2D eigenvalue weighted by atomic mass is 9.91. The predicted octanol–water partition coefficient (Wildman–Crippen LogP) is 2.73. The van der Waals surface area contributed by atoms with Gasteiger partial charge in [-0.25, -0.2) is 4.79 Å². The molecule has 140 valence electrons. The number of ether oxygens (including phenoxy) is 1. The van der Waals surface area contributed by atoms with E-state index in [9.17, 15) is 20.1 Å². The highest BCUT2D eigenvalue weighted by Gasteiger charge is 2.24. The smallest absolute Gasteiger partial charge is 0.407 e. The molecule has 0 radical (unpaired) electrons. The summed E-state index contributed by atoms with van der Waals surface area (Å²) in [4.78, 5) is 11.8. The van der Waals surface area contributed by atoms with Gasteiger partial charge < -0.3 is 30.7 Å². The zero-order valence-corrected chi connectivity index (χ0v) is 15.0. The third-order valence-corrected chi connectivity index (χ3v) is 4.24. The third-order valence-electron chi connectivity index (χ3n) is 4.24. The number of hydrogen-bond acceptors (Lipinski definition) is 6. The van der Waals surface area contributed by atoms with E-state index >= 15 is 0 Å². The van der Waals surface area contributed by atoms with Crippen molar-refractivity contribution in [1.29, 1.82) is 0 Å². The molecule has 1 fully saturated rings. The summed E-state index contributed by atoms with van der Waals surface area (Å²) in [7, 11) is 0. The number of amides is 1. The van der Waals surface area contributed by atoms with Gasteiger partial charge in [-0.2, -0.15) is 0 Å². The molecule has 1 aliphatic rings. The first-order chi connectivity index (χ1) is 11.7. The summed E-state index contributed by atoms with van der Waals surface area (Å²) in [5, 5.41) is 35.0. The average molecular weight is 352 g/mol. The number of phenols is 3. The molecule has 1 aliphatic carbocycles. The lowest BCUT2D eigenvalue weighted by Gasteiger charge is -2.30. The number of phenolic OH excluding ortho intramolecular Hbond substituents is 3. The summed E-state index contributed by atoms with van der Waals surface area (Å²) in [5.74, 6) is -1.13. The van der Waals surface area contributed by atoms with Crippen LogP contribution in [0.5, 0.6) is 17.2 Å². The highest BCUT2D eigenvalue weighted by atomic mass is 16.6. The van der Waals surface area contributed by atoms with Gasteiger partial charge in [-0.05, 0) is 52.5 Å². The fourth-order valence-electron chi connectivity index (χ4n) is 2.92.